The lowest BCUT2D eigenvalue weighted by Gasteiger charge is -2.23. The molecule has 9 heteroatoms. The number of amides is 1. The number of cyclic esters (lactones) is 1. The molecular weight excluding hydrogens is 413 g/mol. The van der Waals surface area contributed by atoms with Gasteiger partial charge in [0, 0.05) is 6.20 Å². The zero-order valence-corrected chi connectivity index (χ0v) is 18.0. The number of nitrogens with zero attached hydrogens (tertiary/aromatic N) is 4. The fourth-order valence-electron chi connectivity index (χ4n) is 3.36. The minimum atomic E-state index is -0.403. The summed E-state index contributed by atoms with van der Waals surface area (Å²) < 4.78 is 23.9. The van der Waals surface area contributed by atoms with E-state index in [9.17, 15) is 9.18 Å². The van der Waals surface area contributed by atoms with Crippen molar-refractivity contribution in [2.24, 2.45) is 5.92 Å². The number of carbonyl (C=O) groups excluding carboxylic acids is 1. The first kappa shape index (κ1) is 21.5. The minimum absolute atomic E-state index is 0.0713. The van der Waals surface area contributed by atoms with Crippen LogP contribution in [0.5, 0.6) is 11.5 Å². The molecule has 0 radical (unpaired) electrons. The van der Waals surface area contributed by atoms with Crippen LogP contribution in [0.25, 0.3) is 0 Å². The highest BCUT2D eigenvalue weighted by Gasteiger charge is 2.37. The molecule has 1 aromatic carbocycles. The first-order valence-electron chi connectivity index (χ1n) is 10.4. The first-order chi connectivity index (χ1) is 15.4. The van der Waals surface area contributed by atoms with Crippen LogP contribution in [0, 0.1) is 11.7 Å². The number of ether oxygens (including phenoxy) is 2. The molecule has 1 N–H and O–H groups in total. The lowest BCUT2D eigenvalue weighted by atomic mass is 10.0. The van der Waals surface area contributed by atoms with Crippen molar-refractivity contribution in [1.29, 1.82) is 0 Å². The molecule has 1 amide bonds. The van der Waals surface area contributed by atoms with Crippen molar-refractivity contribution in [2.75, 3.05) is 16.8 Å². The van der Waals surface area contributed by atoms with Crippen LogP contribution in [0.1, 0.15) is 32.5 Å². The zero-order chi connectivity index (χ0) is 22.7. The highest BCUT2D eigenvalue weighted by molar-refractivity contribution is 5.89. The van der Waals surface area contributed by atoms with Gasteiger partial charge in [-0.25, -0.2) is 14.2 Å². The van der Waals surface area contributed by atoms with Crippen molar-refractivity contribution < 1.29 is 18.7 Å². The molecule has 2 atom stereocenters. The molecule has 1 aliphatic rings. The van der Waals surface area contributed by atoms with Crippen LogP contribution in [0.4, 0.5) is 21.0 Å². The fourth-order valence-corrected chi connectivity index (χ4v) is 3.36. The van der Waals surface area contributed by atoms with Gasteiger partial charge in [0.25, 0.3) is 0 Å². The van der Waals surface area contributed by atoms with Crippen LogP contribution in [-0.4, -0.2) is 33.7 Å². The summed E-state index contributed by atoms with van der Waals surface area (Å²) in [6, 6.07) is 10.8. The Hall–Kier alpha value is -3.75. The van der Waals surface area contributed by atoms with E-state index in [2.05, 4.69) is 20.3 Å². The third-order valence-corrected chi connectivity index (χ3v) is 5.16. The monoisotopic (exact) mass is 437 g/mol. The first-order valence-corrected chi connectivity index (χ1v) is 10.4. The Morgan fingerprint density at radius 3 is 2.53 bits per heavy atom. The number of hydrogen-bond acceptors (Lipinski definition) is 7. The molecule has 1 unspecified atom stereocenters. The van der Waals surface area contributed by atoms with Gasteiger partial charge in [-0.15, -0.1) is 0 Å². The van der Waals surface area contributed by atoms with Crippen LogP contribution in [-0.2, 0) is 4.74 Å². The van der Waals surface area contributed by atoms with Crippen molar-refractivity contribution in [1.82, 2.24) is 15.0 Å². The number of benzene rings is 1. The molecule has 1 saturated heterocycles. The summed E-state index contributed by atoms with van der Waals surface area (Å²) in [5.74, 6) is 1.85. The topological polar surface area (TPSA) is 89.5 Å². The van der Waals surface area contributed by atoms with E-state index in [1.54, 1.807) is 41.6 Å². The number of nitrogens with one attached hydrogen (secondary N) is 1. The molecule has 8 nitrogen and oxygen atoms in total. The molecule has 0 spiro atoms. The Bertz CT molecular complexity index is 1080. The van der Waals surface area contributed by atoms with Gasteiger partial charge in [0.2, 0.25) is 5.95 Å². The summed E-state index contributed by atoms with van der Waals surface area (Å²) in [6.07, 6.45) is 2.80. The van der Waals surface area contributed by atoms with E-state index >= 15 is 0 Å². The number of rotatable bonds is 7. The van der Waals surface area contributed by atoms with E-state index in [0.29, 0.717) is 29.9 Å². The van der Waals surface area contributed by atoms with Gasteiger partial charge in [0.15, 0.2) is 0 Å². The van der Waals surface area contributed by atoms with E-state index in [0.717, 1.165) is 5.69 Å². The number of pyridine rings is 1. The SMILES string of the molecule is CC(Nc1nccc(N2C(=O)OC[C@@H]2C(C)C)n1)c1ccc(Oc2ccc(F)cc2)cn1. The second-order valence-corrected chi connectivity index (χ2v) is 7.84. The zero-order valence-electron chi connectivity index (χ0n) is 18.0. The van der Waals surface area contributed by atoms with Crippen molar-refractivity contribution in [3.63, 3.8) is 0 Å². The third-order valence-electron chi connectivity index (χ3n) is 5.16. The van der Waals surface area contributed by atoms with Gasteiger partial charge in [-0.1, -0.05) is 13.8 Å². The number of anilines is 2. The van der Waals surface area contributed by atoms with E-state index in [1.807, 2.05) is 26.8 Å². The van der Waals surface area contributed by atoms with Crippen LogP contribution in [0.3, 0.4) is 0 Å². The summed E-state index contributed by atoms with van der Waals surface area (Å²) in [5, 5.41) is 3.21. The Kier molecular flexibility index (Phi) is 6.16. The van der Waals surface area contributed by atoms with Gasteiger partial charge in [-0.3, -0.25) is 9.88 Å². The Balaban J connectivity index is 1.43. The van der Waals surface area contributed by atoms with Crippen LogP contribution in [0.2, 0.25) is 0 Å². The quantitative estimate of drug-likeness (QED) is 0.559. The second kappa shape index (κ2) is 9.17. The summed E-state index contributed by atoms with van der Waals surface area (Å²) in [6.45, 7) is 6.35. The standard InChI is InChI=1S/C23H24FN5O3/c1-14(2)20-13-31-23(30)29(20)21-10-11-25-22(28-21)27-15(3)19-9-8-18(12-26-19)32-17-6-4-16(24)5-7-17/h4-12,14-15,20H,13H2,1-3H3,(H,25,27,28)/t15?,20-/m1/s1. The Labute approximate surface area is 185 Å². The van der Waals surface area contributed by atoms with Crippen LogP contribution < -0.4 is 15.0 Å². The molecule has 0 aliphatic carbocycles. The Morgan fingerprint density at radius 2 is 1.84 bits per heavy atom. The molecule has 166 valence electrons. The number of halogens is 1. The van der Waals surface area contributed by atoms with Crippen LogP contribution >= 0.6 is 0 Å². The molecule has 4 rings (SSSR count). The summed E-state index contributed by atoms with van der Waals surface area (Å²) in [5.41, 5.74) is 0.756. The molecule has 3 heterocycles. The van der Waals surface area contributed by atoms with Crippen LogP contribution in [0.15, 0.2) is 54.9 Å². The van der Waals surface area contributed by atoms with E-state index in [-0.39, 0.29) is 23.8 Å². The molecule has 1 fully saturated rings. The van der Waals surface area contributed by atoms with Gasteiger partial charge < -0.3 is 14.8 Å². The average molecular weight is 437 g/mol. The van der Waals surface area contributed by atoms with Crippen molar-refractivity contribution >= 4 is 17.9 Å². The lowest BCUT2D eigenvalue weighted by Crippen LogP contribution is -2.37. The number of hydrogen-bond donors (Lipinski definition) is 1. The summed E-state index contributed by atoms with van der Waals surface area (Å²) in [4.78, 5) is 27.0. The molecule has 2 aromatic heterocycles. The number of aromatic nitrogens is 3. The number of carbonyl (C=O) groups is 1. The summed E-state index contributed by atoms with van der Waals surface area (Å²) in [7, 11) is 0. The van der Waals surface area contributed by atoms with E-state index < -0.39 is 6.09 Å². The normalized spacial score (nSPS) is 16.7. The van der Waals surface area contributed by atoms with Crippen molar-refractivity contribution in [3.8, 4) is 11.5 Å². The molecule has 0 saturated carbocycles. The predicted octanol–water partition coefficient (Wildman–Crippen LogP) is 4.96. The van der Waals surface area contributed by atoms with Gasteiger partial charge in [0.05, 0.1) is 24.0 Å². The highest BCUT2D eigenvalue weighted by Crippen LogP contribution is 2.27. The molecule has 3 aromatic rings. The fraction of sp³-hybridized carbons (Fsp3) is 0.304. The van der Waals surface area contributed by atoms with Gasteiger partial charge in [0.1, 0.15) is 29.7 Å². The maximum absolute atomic E-state index is 13.0. The molecule has 32 heavy (non-hydrogen) atoms. The predicted molar refractivity (Wildman–Crippen MR) is 117 cm³/mol. The van der Waals surface area contributed by atoms with E-state index in [4.69, 9.17) is 9.47 Å². The molecular formula is C23H24FN5O3. The van der Waals surface area contributed by atoms with E-state index in [1.165, 1.54) is 12.1 Å². The van der Waals surface area contributed by atoms with Gasteiger partial charge in [-0.05, 0) is 55.3 Å². The second-order valence-electron chi connectivity index (χ2n) is 7.84. The smallest absolute Gasteiger partial charge is 0.415 e. The molecule has 1 aliphatic heterocycles. The Morgan fingerprint density at radius 1 is 1.09 bits per heavy atom. The van der Waals surface area contributed by atoms with Gasteiger partial charge in [-0.2, -0.15) is 4.98 Å². The third kappa shape index (κ3) is 4.77. The lowest BCUT2D eigenvalue weighted by molar-refractivity contribution is 0.177. The largest absolute Gasteiger partial charge is 0.456 e. The maximum Gasteiger partial charge on any atom is 0.415 e. The maximum atomic E-state index is 13.0. The highest BCUT2D eigenvalue weighted by atomic mass is 19.1. The average Bonchev–Trinajstić information content (AvgIpc) is 3.18. The summed E-state index contributed by atoms with van der Waals surface area (Å²) >= 11 is 0. The van der Waals surface area contributed by atoms with Crippen molar-refractivity contribution in [2.45, 2.75) is 32.9 Å². The van der Waals surface area contributed by atoms with Crippen molar-refractivity contribution in [3.05, 3.63) is 66.4 Å². The van der Waals surface area contributed by atoms with Gasteiger partial charge >= 0.3 is 6.09 Å². The minimum Gasteiger partial charge on any atom is -0.456 e. The molecule has 0 bridgehead atoms.